The van der Waals surface area contributed by atoms with Crippen LogP contribution < -0.4 is 0 Å². The Morgan fingerprint density at radius 2 is 1.69 bits per heavy atom. The number of carboxylic acid groups (broad SMARTS) is 1. The van der Waals surface area contributed by atoms with Crippen LogP contribution in [-0.4, -0.2) is 40.5 Å². The van der Waals surface area contributed by atoms with Gasteiger partial charge in [-0.25, -0.2) is 0 Å². The van der Waals surface area contributed by atoms with E-state index in [-0.39, 0.29) is 5.56 Å². The Labute approximate surface area is 228 Å². The van der Waals surface area contributed by atoms with E-state index in [4.69, 9.17) is 8.22 Å². The minimum absolute atomic E-state index is 0.138. The van der Waals surface area contributed by atoms with Gasteiger partial charge in [0, 0.05) is 31.8 Å². The molecule has 1 heterocycles. The molecule has 0 saturated carbocycles. The van der Waals surface area contributed by atoms with Crippen molar-refractivity contribution in [3.8, 4) is 0 Å². The van der Waals surface area contributed by atoms with Crippen molar-refractivity contribution in [3.05, 3.63) is 59.8 Å². The number of nitrogens with one attached hydrogen (secondary N) is 1. The number of hydrogen-bond donors (Lipinski definition) is 2. The number of unbranched alkanes of at least 4 members (excludes halogenated alkanes) is 7. The minimum Gasteiger partial charge on any atom is -0.481 e. The molecule has 1 aromatic carbocycles. The average molecular weight is 501 g/mol. The van der Waals surface area contributed by atoms with Gasteiger partial charge in [0.15, 0.2) is 0 Å². The van der Waals surface area contributed by atoms with Crippen molar-refractivity contribution in [1.82, 2.24) is 9.88 Å². The lowest BCUT2D eigenvalue weighted by Gasteiger charge is -2.18. The number of hydrogen-bond acceptors (Lipinski definition) is 2. The lowest BCUT2D eigenvalue weighted by atomic mass is 9.89. The molecule has 0 spiro atoms. The third-order valence-corrected chi connectivity index (χ3v) is 6.54. The standard InChI is InChI=1S/C32H50N2O2/c1-4-7-8-9-10-11-12-13-14-15-16-17-18-19-21-29(32(35)36)28-22-20-23-30-31(28)27(26-33-30)24-25-34(5-2)6-3/h10-11,13-14,20,22-23,26,29,33H,4-9,12,15-19,21,24-25H2,1-3H3,(H,35,36)/b11-10-,14-13-/i12D2,24D2,25D2. The van der Waals surface area contributed by atoms with Crippen molar-refractivity contribution in [2.45, 2.75) is 104 Å². The van der Waals surface area contributed by atoms with Gasteiger partial charge in [-0.1, -0.05) is 89.3 Å². The third kappa shape index (κ3) is 10.3. The number of benzene rings is 1. The van der Waals surface area contributed by atoms with E-state index in [1.807, 2.05) is 12.2 Å². The van der Waals surface area contributed by atoms with Gasteiger partial charge in [0.2, 0.25) is 0 Å². The summed E-state index contributed by atoms with van der Waals surface area (Å²) in [7, 11) is 0. The van der Waals surface area contributed by atoms with Crippen LogP contribution in [0, 0.1) is 0 Å². The largest absolute Gasteiger partial charge is 0.481 e. The van der Waals surface area contributed by atoms with E-state index in [2.05, 4.69) is 11.9 Å². The van der Waals surface area contributed by atoms with Crippen molar-refractivity contribution in [2.24, 2.45) is 0 Å². The van der Waals surface area contributed by atoms with Crippen LogP contribution in [0.5, 0.6) is 0 Å². The molecule has 0 fully saturated rings. The second-order valence-electron chi connectivity index (χ2n) is 9.23. The maximum Gasteiger partial charge on any atom is 0.310 e. The maximum absolute atomic E-state index is 12.4. The summed E-state index contributed by atoms with van der Waals surface area (Å²) in [5, 5.41) is 10.6. The van der Waals surface area contributed by atoms with Crippen molar-refractivity contribution < 1.29 is 18.1 Å². The van der Waals surface area contributed by atoms with Crippen LogP contribution in [0.25, 0.3) is 10.9 Å². The monoisotopic (exact) mass is 500 g/mol. The first kappa shape index (κ1) is 21.7. The molecule has 0 saturated heterocycles. The number of likely N-dealkylation sites (N-methyl/N-ethyl adjacent to an activating group) is 1. The lowest BCUT2D eigenvalue weighted by Crippen LogP contribution is -2.25. The van der Waals surface area contributed by atoms with E-state index < -0.39 is 31.1 Å². The van der Waals surface area contributed by atoms with Crippen molar-refractivity contribution in [3.63, 3.8) is 0 Å². The second-order valence-corrected chi connectivity index (χ2v) is 9.23. The first-order valence-electron chi connectivity index (χ1n) is 16.8. The molecule has 2 N–H and O–H groups in total. The van der Waals surface area contributed by atoms with Gasteiger partial charge < -0.3 is 15.0 Å². The van der Waals surface area contributed by atoms with Crippen molar-refractivity contribution >= 4 is 16.9 Å². The highest BCUT2D eigenvalue weighted by molar-refractivity contribution is 5.91. The molecule has 2 aromatic rings. The zero-order valence-electron chi connectivity index (χ0n) is 28.5. The third-order valence-electron chi connectivity index (χ3n) is 6.54. The van der Waals surface area contributed by atoms with Crippen LogP contribution in [0.1, 0.15) is 117 Å². The van der Waals surface area contributed by atoms with Crippen LogP contribution in [0.4, 0.5) is 0 Å². The molecule has 36 heavy (non-hydrogen) atoms. The van der Waals surface area contributed by atoms with E-state index in [1.54, 1.807) is 44.2 Å². The van der Waals surface area contributed by atoms with Gasteiger partial charge >= 0.3 is 5.97 Å². The quantitative estimate of drug-likeness (QED) is 0.141. The molecule has 0 bridgehead atoms. The second kappa shape index (κ2) is 18.0. The Morgan fingerprint density at radius 1 is 1.00 bits per heavy atom. The van der Waals surface area contributed by atoms with Gasteiger partial charge in [-0.3, -0.25) is 4.79 Å². The Kier molecular flexibility index (Phi) is 10.9. The van der Waals surface area contributed by atoms with Gasteiger partial charge in [-0.15, -0.1) is 0 Å². The predicted octanol–water partition coefficient (Wildman–Crippen LogP) is 8.64. The number of carbonyl (C=O) groups is 1. The summed E-state index contributed by atoms with van der Waals surface area (Å²) in [4.78, 5) is 16.9. The number of aromatic amines is 1. The summed E-state index contributed by atoms with van der Waals surface area (Å²) < 4.78 is 51.2. The smallest absolute Gasteiger partial charge is 0.310 e. The summed E-state index contributed by atoms with van der Waals surface area (Å²) in [6, 6.07) is 5.24. The molecule has 0 amide bonds. The summed E-state index contributed by atoms with van der Waals surface area (Å²) in [6.45, 7) is 4.12. The molecule has 200 valence electrons. The van der Waals surface area contributed by atoms with Crippen LogP contribution >= 0.6 is 0 Å². The Morgan fingerprint density at radius 3 is 2.36 bits per heavy atom. The molecule has 1 unspecified atom stereocenters. The molecular weight excluding hydrogens is 444 g/mol. The van der Waals surface area contributed by atoms with E-state index in [9.17, 15) is 9.90 Å². The van der Waals surface area contributed by atoms with Gasteiger partial charge in [-0.05, 0) is 75.1 Å². The lowest BCUT2D eigenvalue weighted by molar-refractivity contribution is -0.139. The topological polar surface area (TPSA) is 56.3 Å². The molecule has 2 rings (SSSR count). The fourth-order valence-electron chi connectivity index (χ4n) is 4.37. The summed E-state index contributed by atoms with van der Waals surface area (Å²) in [5.41, 5.74) is 1.23. The van der Waals surface area contributed by atoms with E-state index in [1.165, 1.54) is 11.1 Å². The first-order valence-corrected chi connectivity index (χ1v) is 13.8. The molecule has 1 aromatic heterocycles. The maximum atomic E-state index is 12.4. The number of aromatic nitrogens is 1. The first-order chi connectivity index (χ1) is 19.8. The predicted molar refractivity (Wildman–Crippen MR) is 155 cm³/mol. The van der Waals surface area contributed by atoms with Crippen molar-refractivity contribution in [2.75, 3.05) is 19.6 Å². The molecule has 4 nitrogen and oxygen atoms in total. The highest BCUT2D eigenvalue weighted by Crippen LogP contribution is 2.32. The number of aliphatic carboxylic acids is 1. The van der Waals surface area contributed by atoms with Gasteiger partial charge in [0.25, 0.3) is 0 Å². The van der Waals surface area contributed by atoms with Gasteiger partial charge in [0.05, 0.1) is 5.92 Å². The minimum atomic E-state index is -2.38. The number of fused-ring (bicyclic) bond motifs is 1. The molecular formula is C32H50N2O2. The SMILES string of the molecule is [2H]C([2H])(/C=C\CCCCC)/C=C\CCCCCCC(C(=O)O)c1cccc2[nH]cc(C([2H])([2H])C([2H])([2H])N(CC)CC)c12. The summed E-state index contributed by atoms with van der Waals surface area (Å²) >= 11 is 0. The Balaban J connectivity index is 2.05. The average Bonchev–Trinajstić information content (AvgIpc) is 3.38. The molecule has 0 aliphatic rings. The molecule has 0 aliphatic heterocycles. The highest BCUT2D eigenvalue weighted by atomic mass is 16.4. The van der Waals surface area contributed by atoms with Crippen molar-refractivity contribution in [1.29, 1.82) is 0 Å². The molecule has 0 aliphatic carbocycles. The summed E-state index contributed by atoms with van der Waals surface area (Å²) in [5.74, 6) is -1.82. The molecule has 4 heteroatoms. The van der Waals surface area contributed by atoms with Gasteiger partial charge in [-0.2, -0.15) is 0 Å². The number of H-pyrrole nitrogens is 1. The van der Waals surface area contributed by atoms with Crippen LogP contribution in [0.15, 0.2) is 48.7 Å². The number of allylic oxidation sites excluding steroid dienone is 4. The fraction of sp³-hybridized carbons (Fsp3) is 0.594. The van der Waals surface area contributed by atoms with Crippen LogP contribution in [0.2, 0.25) is 0 Å². The molecule has 1 atom stereocenters. The summed E-state index contributed by atoms with van der Waals surface area (Å²) in [6.07, 6.45) is 13.5. The highest BCUT2D eigenvalue weighted by Gasteiger charge is 2.23. The van der Waals surface area contributed by atoms with E-state index in [0.29, 0.717) is 42.4 Å². The fourth-order valence-corrected chi connectivity index (χ4v) is 4.37. The zero-order chi connectivity index (χ0) is 31.4. The number of nitrogens with zero attached hydrogens (tertiary/aromatic N) is 1. The zero-order valence-corrected chi connectivity index (χ0v) is 22.5. The number of rotatable bonds is 20. The number of aryl methyl sites for hydroxylation is 1. The van der Waals surface area contributed by atoms with Crippen LogP contribution in [0.3, 0.4) is 0 Å². The Hall–Kier alpha value is -2.33. The van der Waals surface area contributed by atoms with E-state index >= 15 is 0 Å². The van der Waals surface area contributed by atoms with Crippen LogP contribution in [-0.2, 0) is 11.2 Å². The molecule has 0 radical (unpaired) electrons. The normalized spacial score (nSPS) is 16.7. The van der Waals surface area contributed by atoms with Gasteiger partial charge in [0.1, 0.15) is 0 Å². The number of carboxylic acids is 1. The van der Waals surface area contributed by atoms with E-state index in [0.717, 1.165) is 51.4 Å². The Bertz CT molecular complexity index is 1170.